The molecule has 3 aromatic rings. The molecule has 0 bridgehead atoms. The first-order chi connectivity index (χ1) is 18.2. The Labute approximate surface area is 217 Å². The summed E-state index contributed by atoms with van der Waals surface area (Å²) in [5, 5.41) is 13.9. The second-order valence-corrected chi connectivity index (χ2v) is 9.09. The number of alkyl halides is 6. The largest absolute Gasteiger partial charge is 0.471 e. The average Bonchev–Trinajstić information content (AvgIpc) is 3.29. The Morgan fingerprint density at radius 3 is 2.21 bits per heavy atom. The zero-order valence-corrected chi connectivity index (χ0v) is 20.3. The standard InChI is InChI=1S/C25H20F6N6O2/c1-15-18(13-35-37(15)21-5-3-17(12-34-21)24(26,27)28)19(38)10-16-2-4-20(33-11-16)23(14-32)6-8-36(9-7-23)22(39)25(29,30)31/h2-5,11-13H,6-10H2,1H3. The first-order valence-electron chi connectivity index (χ1n) is 11.6. The molecule has 0 spiro atoms. The van der Waals surface area contributed by atoms with E-state index in [1.165, 1.54) is 23.1 Å². The second kappa shape index (κ2) is 10.1. The summed E-state index contributed by atoms with van der Waals surface area (Å²) in [7, 11) is 0. The van der Waals surface area contributed by atoms with E-state index in [9.17, 15) is 41.2 Å². The first-order valence-corrected chi connectivity index (χ1v) is 11.6. The van der Waals surface area contributed by atoms with Crippen molar-refractivity contribution in [2.75, 3.05) is 13.1 Å². The third-order valence-corrected chi connectivity index (χ3v) is 6.64. The van der Waals surface area contributed by atoms with Crippen molar-refractivity contribution in [3.05, 3.63) is 70.9 Å². The normalized spacial score (nSPS) is 15.6. The molecule has 1 aliphatic rings. The summed E-state index contributed by atoms with van der Waals surface area (Å²) < 4.78 is 77.8. The number of pyridine rings is 2. The summed E-state index contributed by atoms with van der Waals surface area (Å²) >= 11 is 0. The summed E-state index contributed by atoms with van der Waals surface area (Å²) in [6, 6.07) is 7.26. The van der Waals surface area contributed by atoms with Crippen molar-refractivity contribution in [2.45, 2.75) is 44.0 Å². The van der Waals surface area contributed by atoms with Crippen molar-refractivity contribution in [2.24, 2.45) is 0 Å². The maximum atomic E-state index is 12.9. The Hall–Kier alpha value is -4.28. The smallest absolute Gasteiger partial charge is 0.335 e. The summed E-state index contributed by atoms with van der Waals surface area (Å²) in [6.07, 6.45) is -6.28. The molecule has 3 aromatic heterocycles. The molecule has 204 valence electrons. The maximum absolute atomic E-state index is 12.9. The van der Waals surface area contributed by atoms with Gasteiger partial charge in [-0.05, 0) is 43.5 Å². The molecule has 0 saturated carbocycles. The van der Waals surface area contributed by atoms with Crippen LogP contribution in [0.15, 0.2) is 42.9 Å². The third kappa shape index (κ3) is 5.62. The number of Topliss-reactive ketones (excluding diaryl/α,β-unsaturated/α-hetero) is 1. The van der Waals surface area contributed by atoms with E-state index in [1.54, 1.807) is 13.0 Å². The maximum Gasteiger partial charge on any atom is 0.471 e. The predicted octanol–water partition coefficient (Wildman–Crippen LogP) is 4.36. The van der Waals surface area contributed by atoms with E-state index in [2.05, 4.69) is 21.1 Å². The number of amides is 1. The number of nitriles is 1. The van der Waals surface area contributed by atoms with Crippen LogP contribution in [-0.2, 0) is 22.8 Å². The molecule has 39 heavy (non-hydrogen) atoms. The van der Waals surface area contributed by atoms with Gasteiger partial charge in [0.2, 0.25) is 0 Å². The van der Waals surface area contributed by atoms with Gasteiger partial charge in [0, 0.05) is 31.9 Å². The van der Waals surface area contributed by atoms with Gasteiger partial charge in [-0.1, -0.05) is 6.07 Å². The first kappa shape index (κ1) is 27.7. The summed E-state index contributed by atoms with van der Waals surface area (Å²) in [4.78, 5) is 33.2. The van der Waals surface area contributed by atoms with Crippen molar-refractivity contribution < 1.29 is 35.9 Å². The minimum Gasteiger partial charge on any atom is -0.335 e. The summed E-state index contributed by atoms with van der Waals surface area (Å²) in [6.45, 7) is 1.09. The number of ketones is 1. The van der Waals surface area contributed by atoms with E-state index in [1.807, 2.05) is 0 Å². The third-order valence-electron chi connectivity index (χ3n) is 6.64. The number of carbonyl (C=O) groups is 2. The lowest BCUT2D eigenvalue weighted by molar-refractivity contribution is -0.186. The molecule has 14 heteroatoms. The Bertz CT molecular complexity index is 1410. The Morgan fingerprint density at radius 2 is 1.69 bits per heavy atom. The number of halogens is 6. The number of piperidine rings is 1. The minimum absolute atomic E-state index is 0.0209. The molecule has 1 amide bonds. The van der Waals surface area contributed by atoms with Crippen LogP contribution in [0.3, 0.4) is 0 Å². The van der Waals surface area contributed by atoms with Crippen LogP contribution in [0.5, 0.6) is 0 Å². The number of aromatic nitrogens is 4. The fourth-order valence-corrected chi connectivity index (χ4v) is 4.38. The van der Waals surface area contributed by atoms with Crippen LogP contribution in [0.1, 0.15) is 45.7 Å². The zero-order valence-electron chi connectivity index (χ0n) is 20.3. The quantitative estimate of drug-likeness (QED) is 0.345. The van der Waals surface area contributed by atoms with Gasteiger partial charge >= 0.3 is 18.3 Å². The Balaban J connectivity index is 1.44. The minimum atomic E-state index is -4.98. The highest BCUT2D eigenvalue weighted by Gasteiger charge is 2.46. The van der Waals surface area contributed by atoms with E-state index >= 15 is 0 Å². The van der Waals surface area contributed by atoms with E-state index < -0.39 is 29.2 Å². The van der Waals surface area contributed by atoms with Gasteiger partial charge in [0.25, 0.3) is 0 Å². The molecule has 0 aromatic carbocycles. The number of rotatable bonds is 5. The molecule has 1 fully saturated rings. The van der Waals surface area contributed by atoms with Crippen LogP contribution >= 0.6 is 0 Å². The predicted molar refractivity (Wildman–Crippen MR) is 123 cm³/mol. The van der Waals surface area contributed by atoms with Crippen molar-refractivity contribution >= 4 is 11.7 Å². The lowest BCUT2D eigenvalue weighted by atomic mass is 9.76. The molecular formula is C25H20F6N6O2. The van der Waals surface area contributed by atoms with Crippen LogP contribution in [0.25, 0.3) is 5.82 Å². The Morgan fingerprint density at radius 1 is 1.00 bits per heavy atom. The molecular weight excluding hydrogens is 530 g/mol. The van der Waals surface area contributed by atoms with Crippen LogP contribution < -0.4 is 0 Å². The molecule has 4 rings (SSSR count). The number of likely N-dealkylation sites (tertiary alicyclic amines) is 1. The number of nitrogens with zero attached hydrogens (tertiary/aromatic N) is 6. The van der Waals surface area contributed by atoms with Crippen LogP contribution in [0.4, 0.5) is 26.3 Å². The highest BCUT2D eigenvalue weighted by molar-refractivity contribution is 5.98. The van der Waals surface area contributed by atoms with Gasteiger partial charge in [0.1, 0.15) is 5.41 Å². The second-order valence-electron chi connectivity index (χ2n) is 9.09. The summed E-state index contributed by atoms with van der Waals surface area (Å²) in [5.74, 6) is -2.17. The highest BCUT2D eigenvalue weighted by atomic mass is 19.4. The van der Waals surface area contributed by atoms with Crippen LogP contribution in [0, 0.1) is 18.3 Å². The monoisotopic (exact) mass is 550 g/mol. The number of hydrogen-bond donors (Lipinski definition) is 0. The SMILES string of the molecule is Cc1c(C(=O)Cc2ccc(C3(C#N)CCN(C(=O)C(F)(F)F)CC3)nc2)cnn1-c1ccc(C(F)(F)F)cn1. The van der Waals surface area contributed by atoms with E-state index in [-0.39, 0.29) is 49.5 Å². The van der Waals surface area contributed by atoms with Crippen LogP contribution in [0.2, 0.25) is 0 Å². The fraction of sp³-hybridized carbons (Fsp3) is 0.360. The van der Waals surface area contributed by atoms with Gasteiger partial charge in [-0.25, -0.2) is 9.67 Å². The van der Waals surface area contributed by atoms with E-state index in [4.69, 9.17) is 0 Å². The molecule has 1 saturated heterocycles. The van der Waals surface area contributed by atoms with Gasteiger partial charge in [0.15, 0.2) is 11.6 Å². The van der Waals surface area contributed by atoms with Crippen LogP contribution in [-0.4, -0.2) is 55.6 Å². The lowest BCUT2D eigenvalue weighted by Gasteiger charge is -2.37. The van der Waals surface area contributed by atoms with Gasteiger partial charge in [-0.2, -0.15) is 36.7 Å². The van der Waals surface area contributed by atoms with Gasteiger partial charge in [-0.15, -0.1) is 0 Å². The lowest BCUT2D eigenvalue weighted by Crippen LogP contribution is -2.49. The van der Waals surface area contributed by atoms with E-state index in [0.29, 0.717) is 28.0 Å². The Kier molecular flexibility index (Phi) is 7.20. The van der Waals surface area contributed by atoms with Crippen molar-refractivity contribution in [3.63, 3.8) is 0 Å². The van der Waals surface area contributed by atoms with Gasteiger partial charge in [0.05, 0.1) is 34.8 Å². The molecule has 4 heterocycles. The highest BCUT2D eigenvalue weighted by Crippen LogP contribution is 2.35. The fourth-order valence-electron chi connectivity index (χ4n) is 4.38. The van der Waals surface area contributed by atoms with Crippen molar-refractivity contribution in [3.8, 4) is 11.9 Å². The average molecular weight is 550 g/mol. The molecule has 0 atom stereocenters. The molecule has 0 aliphatic carbocycles. The molecule has 1 aliphatic heterocycles. The molecule has 0 radical (unpaired) electrons. The number of carbonyl (C=O) groups excluding carboxylic acids is 2. The summed E-state index contributed by atoms with van der Waals surface area (Å²) in [5.41, 5.74) is -0.644. The topological polar surface area (TPSA) is 105 Å². The van der Waals surface area contributed by atoms with Gasteiger partial charge < -0.3 is 4.90 Å². The van der Waals surface area contributed by atoms with Crippen molar-refractivity contribution in [1.29, 1.82) is 5.26 Å². The molecule has 0 unspecified atom stereocenters. The zero-order chi connectivity index (χ0) is 28.6. The van der Waals surface area contributed by atoms with Gasteiger partial charge in [-0.3, -0.25) is 14.6 Å². The number of hydrogen-bond acceptors (Lipinski definition) is 6. The molecule has 0 N–H and O–H groups in total. The molecule has 8 nitrogen and oxygen atoms in total. The van der Waals surface area contributed by atoms with E-state index in [0.717, 1.165) is 12.1 Å². The van der Waals surface area contributed by atoms with Crippen molar-refractivity contribution in [1.82, 2.24) is 24.6 Å².